The number of rotatable bonds is 4. The molecule has 1 heterocycles. The summed E-state index contributed by atoms with van der Waals surface area (Å²) in [6.45, 7) is 0.769. The average Bonchev–Trinajstić information content (AvgIpc) is 2.93. The van der Waals surface area contributed by atoms with Gasteiger partial charge in [-0.1, -0.05) is 12.1 Å². The molecule has 2 amide bonds. The van der Waals surface area contributed by atoms with Crippen molar-refractivity contribution in [3.05, 3.63) is 53.6 Å². The number of carbonyl (C=O) groups is 2. The highest BCUT2D eigenvalue weighted by atomic mass is 32.2. The quantitative estimate of drug-likeness (QED) is 0.739. The highest BCUT2D eigenvalue weighted by molar-refractivity contribution is 7.90. The first-order chi connectivity index (χ1) is 14.4. The predicted molar refractivity (Wildman–Crippen MR) is 107 cm³/mol. The number of likely N-dealkylation sites (N-methyl/N-ethyl adjacent to an activating group) is 1. The van der Waals surface area contributed by atoms with E-state index in [1.165, 1.54) is 31.0 Å². The molecule has 0 aromatic heterocycles. The third kappa shape index (κ3) is 4.85. The number of anilines is 2. The Hall–Kier alpha value is -3.41. The van der Waals surface area contributed by atoms with E-state index in [1.54, 1.807) is 12.1 Å². The fourth-order valence-corrected chi connectivity index (χ4v) is 4.22. The fourth-order valence-electron chi connectivity index (χ4n) is 2.97. The molecule has 1 aliphatic heterocycles. The molecule has 164 valence electrons. The van der Waals surface area contributed by atoms with Gasteiger partial charge in [0.25, 0.3) is 10.0 Å². The molecule has 3 rings (SSSR count). The van der Waals surface area contributed by atoms with Gasteiger partial charge in [0, 0.05) is 19.5 Å². The van der Waals surface area contributed by atoms with Crippen LogP contribution >= 0.6 is 0 Å². The Kier molecular flexibility index (Phi) is 5.77. The van der Waals surface area contributed by atoms with Gasteiger partial charge in [-0.2, -0.15) is 21.6 Å². The van der Waals surface area contributed by atoms with Gasteiger partial charge in [-0.05, 0) is 30.3 Å². The lowest BCUT2D eigenvalue weighted by atomic mass is 10.1. The number of sulfonamides is 1. The molecular weight excluding hydrogens is 437 g/mol. The minimum absolute atomic E-state index is 0.00285. The van der Waals surface area contributed by atoms with E-state index in [0.29, 0.717) is 11.6 Å². The third-order valence-electron chi connectivity index (χ3n) is 4.29. The zero-order chi connectivity index (χ0) is 23.0. The number of carbonyl (C=O) groups excluding carboxylic acids is 2. The number of nitrogens with zero attached hydrogens (tertiary/aromatic N) is 2. The third-order valence-corrected chi connectivity index (χ3v) is 5.61. The monoisotopic (exact) mass is 454 g/mol. The van der Waals surface area contributed by atoms with Crippen molar-refractivity contribution in [1.29, 1.82) is 0 Å². The first-order valence-corrected chi connectivity index (χ1v) is 10.3. The minimum atomic E-state index is -4.65. The summed E-state index contributed by atoms with van der Waals surface area (Å²) in [6, 6.07) is 8.60. The van der Waals surface area contributed by atoms with Crippen molar-refractivity contribution in [2.45, 2.75) is 18.0 Å². The lowest BCUT2D eigenvalue weighted by Gasteiger charge is -2.20. The summed E-state index contributed by atoms with van der Waals surface area (Å²) in [6.07, 6.45) is -4.65. The maximum Gasteiger partial charge on any atom is 0.416 e. The molecule has 0 fully saturated rings. The molecule has 12 heteroatoms. The summed E-state index contributed by atoms with van der Waals surface area (Å²) in [5.74, 6) is -1.23. The number of amidine groups is 1. The average molecular weight is 454 g/mol. The van der Waals surface area contributed by atoms with Crippen molar-refractivity contribution in [2.75, 3.05) is 24.2 Å². The van der Waals surface area contributed by atoms with Crippen molar-refractivity contribution >= 4 is 39.0 Å². The summed E-state index contributed by atoms with van der Waals surface area (Å²) in [4.78, 5) is 25.1. The molecule has 31 heavy (non-hydrogen) atoms. The molecule has 0 aliphatic carbocycles. The van der Waals surface area contributed by atoms with E-state index in [9.17, 15) is 31.2 Å². The Labute approximate surface area is 175 Å². The van der Waals surface area contributed by atoms with Crippen molar-refractivity contribution in [3.63, 3.8) is 0 Å². The van der Waals surface area contributed by atoms with Gasteiger partial charge in [-0.15, -0.1) is 4.40 Å². The van der Waals surface area contributed by atoms with Gasteiger partial charge >= 0.3 is 6.18 Å². The molecule has 2 N–H and O–H groups in total. The van der Waals surface area contributed by atoms with E-state index in [2.05, 4.69) is 15.0 Å². The number of alkyl halides is 3. The van der Waals surface area contributed by atoms with E-state index < -0.39 is 40.1 Å². The van der Waals surface area contributed by atoms with Crippen LogP contribution in [0.25, 0.3) is 0 Å². The Morgan fingerprint density at radius 3 is 2.39 bits per heavy atom. The molecule has 2 aromatic rings. The van der Waals surface area contributed by atoms with Crippen LogP contribution in [0.5, 0.6) is 0 Å². The Balaban J connectivity index is 1.83. The van der Waals surface area contributed by atoms with E-state index in [1.807, 2.05) is 0 Å². The number of halogens is 3. The van der Waals surface area contributed by atoms with E-state index >= 15 is 0 Å². The lowest BCUT2D eigenvalue weighted by Crippen LogP contribution is -2.35. The van der Waals surface area contributed by atoms with Crippen molar-refractivity contribution < 1.29 is 31.2 Å². The van der Waals surface area contributed by atoms with Crippen LogP contribution in [0.2, 0.25) is 0 Å². The van der Waals surface area contributed by atoms with E-state index in [4.69, 9.17) is 0 Å². The molecule has 0 radical (unpaired) electrons. The smallest absolute Gasteiger partial charge is 0.349 e. The first-order valence-electron chi connectivity index (χ1n) is 8.82. The standard InChI is InChI=1S/C19H17F3N4O4S/c1-11(27)23-14-8-7-12(19(20,21)22)9-15(14)24-17(28)10-26(2)18-13-5-3-4-6-16(13)31(29,30)25-18/h3-9H,10H2,1-2H3,(H,23,27)(H,24,28). The van der Waals surface area contributed by atoms with Gasteiger partial charge in [0.1, 0.15) is 4.90 Å². The summed E-state index contributed by atoms with van der Waals surface area (Å²) >= 11 is 0. The summed E-state index contributed by atoms with van der Waals surface area (Å²) in [7, 11) is -2.47. The zero-order valence-electron chi connectivity index (χ0n) is 16.3. The normalized spacial score (nSPS) is 14.4. The van der Waals surface area contributed by atoms with Crippen LogP contribution in [0, 0.1) is 0 Å². The van der Waals surface area contributed by atoms with Crippen molar-refractivity contribution in [1.82, 2.24) is 4.90 Å². The molecule has 0 saturated carbocycles. The molecule has 1 aliphatic rings. The molecule has 0 bridgehead atoms. The highest BCUT2D eigenvalue weighted by Gasteiger charge is 2.32. The Bertz CT molecular complexity index is 1190. The number of fused-ring (bicyclic) bond motifs is 1. The number of hydrogen-bond donors (Lipinski definition) is 2. The molecule has 0 saturated heterocycles. The topological polar surface area (TPSA) is 108 Å². The van der Waals surface area contributed by atoms with Gasteiger partial charge in [0.2, 0.25) is 11.8 Å². The van der Waals surface area contributed by atoms with Gasteiger partial charge in [-0.3, -0.25) is 9.59 Å². The van der Waals surface area contributed by atoms with Gasteiger partial charge < -0.3 is 15.5 Å². The second kappa shape index (κ2) is 8.02. The number of benzene rings is 2. The molecule has 0 atom stereocenters. The summed E-state index contributed by atoms with van der Waals surface area (Å²) in [5, 5.41) is 4.68. The van der Waals surface area contributed by atoms with Crippen LogP contribution in [0.1, 0.15) is 18.1 Å². The van der Waals surface area contributed by atoms with Gasteiger partial charge in [0.05, 0.1) is 23.5 Å². The van der Waals surface area contributed by atoms with Gasteiger partial charge in [0.15, 0.2) is 5.84 Å². The van der Waals surface area contributed by atoms with E-state index in [0.717, 1.165) is 12.1 Å². The Morgan fingerprint density at radius 2 is 1.74 bits per heavy atom. The molecule has 0 spiro atoms. The predicted octanol–water partition coefficient (Wildman–Crippen LogP) is 2.68. The minimum Gasteiger partial charge on any atom is -0.349 e. The summed E-state index contributed by atoms with van der Waals surface area (Å²) in [5.41, 5.74) is -0.950. The van der Waals surface area contributed by atoms with Crippen molar-refractivity contribution in [2.24, 2.45) is 4.40 Å². The maximum absolute atomic E-state index is 13.0. The number of hydrogen-bond acceptors (Lipinski definition) is 5. The second-order valence-corrected chi connectivity index (χ2v) is 8.30. The van der Waals surface area contributed by atoms with Crippen molar-refractivity contribution in [3.8, 4) is 0 Å². The zero-order valence-corrected chi connectivity index (χ0v) is 17.1. The lowest BCUT2D eigenvalue weighted by molar-refractivity contribution is -0.137. The molecule has 0 unspecified atom stereocenters. The largest absolute Gasteiger partial charge is 0.416 e. The first kappa shape index (κ1) is 22.3. The SMILES string of the molecule is CC(=O)Nc1ccc(C(F)(F)F)cc1NC(=O)CN(C)C1=NS(=O)(=O)c2ccccc21. The van der Waals surface area contributed by atoms with Crippen LogP contribution in [-0.4, -0.2) is 44.6 Å². The number of nitrogens with one attached hydrogen (secondary N) is 2. The van der Waals surface area contributed by atoms with Crippen LogP contribution in [0.4, 0.5) is 24.5 Å². The van der Waals surface area contributed by atoms with Crippen LogP contribution in [0.15, 0.2) is 51.8 Å². The van der Waals surface area contributed by atoms with Gasteiger partial charge in [-0.25, -0.2) is 0 Å². The van der Waals surface area contributed by atoms with Crippen LogP contribution in [0.3, 0.4) is 0 Å². The maximum atomic E-state index is 13.0. The molecule has 2 aromatic carbocycles. The highest BCUT2D eigenvalue weighted by Crippen LogP contribution is 2.34. The van der Waals surface area contributed by atoms with Crippen LogP contribution < -0.4 is 10.6 Å². The second-order valence-electron chi connectivity index (χ2n) is 6.73. The summed E-state index contributed by atoms with van der Waals surface area (Å²) < 4.78 is 67.1. The molecular formula is C19H17F3N4O4S. The van der Waals surface area contributed by atoms with Crippen LogP contribution in [-0.2, 0) is 25.8 Å². The number of amides is 2. The Morgan fingerprint density at radius 1 is 1.06 bits per heavy atom. The fraction of sp³-hybridized carbons (Fsp3) is 0.211. The van der Waals surface area contributed by atoms with E-state index in [-0.39, 0.29) is 22.1 Å². The molecule has 8 nitrogen and oxygen atoms in total.